The summed E-state index contributed by atoms with van der Waals surface area (Å²) in [7, 11) is 1.58. The number of benzene rings is 3. The number of carbonyl (C=O) groups is 1. The molecule has 0 saturated carbocycles. The Morgan fingerprint density at radius 2 is 1.69 bits per heavy atom. The quantitative estimate of drug-likeness (QED) is 0.394. The molecule has 176 valence electrons. The minimum absolute atomic E-state index is 0.183. The fourth-order valence-corrected chi connectivity index (χ4v) is 4.05. The molecule has 2 aromatic heterocycles. The maximum Gasteiger partial charge on any atom is 0.352 e. The SMILES string of the molecule is COc1cccc(CNC(=O)Cn2nc3n(Cc4ccccc4)c(=O)c4ccccc4n3c2=O)c1. The molecule has 0 aliphatic rings. The van der Waals surface area contributed by atoms with Gasteiger partial charge in [0.25, 0.3) is 5.56 Å². The molecule has 0 fully saturated rings. The van der Waals surface area contributed by atoms with Gasteiger partial charge in [-0.3, -0.25) is 14.2 Å². The monoisotopic (exact) mass is 469 g/mol. The van der Waals surface area contributed by atoms with Gasteiger partial charge in [0.2, 0.25) is 11.7 Å². The highest BCUT2D eigenvalue weighted by molar-refractivity contribution is 5.80. The molecule has 0 atom stereocenters. The van der Waals surface area contributed by atoms with Crippen molar-refractivity contribution in [2.24, 2.45) is 0 Å². The molecular weight excluding hydrogens is 446 g/mol. The van der Waals surface area contributed by atoms with Crippen LogP contribution in [0.5, 0.6) is 5.75 Å². The number of ether oxygens (including phenoxy) is 1. The van der Waals surface area contributed by atoms with Crippen molar-refractivity contribution in [3.05, 3.63) is 111 Å². The van der Waals surface area contributed by atoms with Crippen molar-refractivity contribution in [2.45, 2.75) is 19.6 Å². The van der Waals surface area contributed by atoms with Gasteiger partial charge in [-0.1, -0.05) is 54.6 Å². The second kappa shape index (κ2) is 9.30. The van der Waals surface area contributed by atoms with Gasteiger partial charge in [0.1, 0.15) is 12.3 Å². The third-order valence-corrected chi connectivity index (χ3v) is 5.78. The first-order valence-electron chi connectivity index (χ1n) is 11.1. The molecule has 5 rings (SSSR count). The fourth-order valence-electron chi connectivity index (χ4n) is 4.05. The van der Waals surface area contributed by atoms with Crippen LogP contribution in [-0.2, 0) is 24.4 Å². The number of methoxy groups -OCH3 is 1. The van der Waals surface area contributed by atoms with Crippen molar-refractivity contribution in [3.63, 3.8) is 0 Å². The molecule has 0 aliphatic heterocycles. The molecule has 9 nitrogen and oxygen atoms in total. The summed E-state index contributed by atoms with van der Waals surface area (Å²) in [4.78, 5) is 39.3. The van der Waals surface area contributed by atoms with Crippen LogP contribution in [0, 0.1) is 0 Å². The van der Waals surface area contributed by atoms with E-state index in [0.29, 0.717) is 16.7 Å². The lowest BCUT2D eigenvalue weighted by Crippen LogP contribution is -2.32. The predicted molar refractivity (Wildman–Crippen MR) is 132 cm³/mol. The van der Waals surface area contributed by atoms with Crippen LogP contribution < -0.4 is 21.3 Å². The number of rotatable bonds is 7. The lowest BCUT2D eigenvalue weighted by atomic mass is 10.2. The van der Waals surface area contributed by atoms with Gasteiger partial charge in [0.05, 0.1) is 24.6 Å². The van der Waals surface area contributed by atoms with Gasteiger partial charge >= 0.3 is 5.69 Å². The molecule has 9 heteroatoms. The number of nitrogens with one attached hydrogen (secondary N) is 1. The summed E-state index contributed by atoms with van der Waals surface area (Å²) in [5, 5.41) is 7.60. The zero-order valence-corrected chi connectivity index (χ0v) is 19.0. The molecule has 0 saturated heterocycles. The molecule has 0 spiro atoms. The minimum Gasteiger partial charge on any atom is -0.497 e. The molecule has 35 heavy (non-hydrogen) atoms. The van der Waals surface area contributed by atoms with Crippen LogP contribution in [0.15, 0.2) is 88.5 Å². The van der Waals surface area contributed by atoms with E-state index >= 15 is 0 Å². The van der Waals surface area contributed by atoms with Crippen molar-refractivity contribution >= 4 is 22.6 Å². The summed E-state index contributed by atoms with van der Waals surface area (Å²) >= 11 is 0. The van der Waals surface area contributed by atoms with Crippen LogP contribution in [0.25, 0.3) is 16.7 Å². The number of aromatic nitrogens is 4. The number of carbonyl (C=O) groups excluding carboxylic acids is 1. The zero-order chi connectivity index (χ0) is 24.4. The number of para-hydroxylation sites is 1. The third-order valence-electron chi connectivity index (χ3n) is 5.78. The molecule has 0 aliphatic carbocycles. The van der Waals surface area contributed by atoms with Crippen LogP contribution in [0.3, 0.4) is 0 Å². The predicted octanol–water partition coefficient (Wildman–Crippen LogP) is 2.18. The highest BCUT2D eigenvalue weighted by Crippen LogP contribution is 2.13. The lowest BCUT2D eigenvalue weighted by Gasteiger charge is -2.09. The van der Waals surface area contributed by atoms with Gasteiger partial charge in [-0.25, -0.2) is 13.9 Å². The molecule has 2 heterocycles. The summed E-state index contributed by atoms with van der Waals surface area (Å²) in [5.74, 6) is 0.499. The van der Waals surface area contributed by atoms with Crippen molar-refractivity contribution in [3.8, 4) is 5.75 Å². The Kier molecular flexibility index (Phi) is 5.88. The largest absolute Gasteiger partial charge is 0.497 e. The number of nitrogens with zero attached hydrogens (tertiary/aromatic N) is 4. The van der Waals surface area contributed by atoms with E-state index in [9.17, 15) is 14.4 Å². The molecule has 0 bridgehead atoms. The van der Waals surface area contributed by atoms with E-state index in [2.05, 4.69) is 10.4 Å². The Morgan fingerprint density at radius 3 is 2.49 bits per heavy atom. The molecule has 3 aromatic carbocycles. The molecular formula is C26H23N5O4. The highest BCUT2D eigenvalue weighted by atomic mass is 16.5. The van der Waals surface area contributed by atoms with Gasteiger partial charge < -0.3 is 10.1 Å². The number of hydrogen-bond donors (Lipinski definition) is 1. The van der Waals surface area contributed by atoms with Crippen molar-refractivity contribution in [1.29, 1.82) is 0 Å². The molecule has 0 unspecified atom stereocenters. The average Bonchev–Trinajstić information content (AvgIpc) is 3.21. The van der Waals surface area contributed by atoms with Crippen LogP contribution >= 0.6 is 0 Å². The topological polar surface area (TPSA) is 99.6 Å². The Balaban J connectivity index is 1.51. The van der Waals surface area contributed by atoms with Gasteiger partial charge in [0.15, 0.2) is 0 Å². The normalized spacial score (nSPS) is 11.1. The lowest BCUT2D eigenvalue weighted by molar-refractivity contribution is -0.122. The highest BCUT2D eigenvalue weighted by Gasteiger charge is 2.18. The van der Waals surface area contributed by atoms with Crippen molar-refractivity contribution in [2.75, 3.05) is 7.11 Å². The van der Waals surface area contributed by atoms with Gasteiger partial charge in [-0.15, -0.1) is 5.10 Å². The molecule has 1 N–H and O–H groups in total. The minimum atomic E-state index is -0.491. The number of fused-ring (bicyclic) bond motifs is 3. The summed E-state index contributed by atoms with van der Waals surface area (Å²) < 4.78 is 9.14. The van der Waals surface area contributed by atoms with E-state index in [4.69, 9.17) is 4.74 Å². The Morgan fingerprint density at radius 1 is 0.943 bits per heavy atom. The van der Waals surface area contributed by atoms with Crippen LogP contribution in [0.4, 0.5) is 0 Å². The van der Waals surface area contributed by atoms with E-state index in [1.54, 1.807) is 31.4 Å². The first-order valence-corrected chi connectivity index (χ1v) is 11.1. The molecule has 1 amide bonds. The van der Waals surface area contributed by atoms with Crippen LogP contribution in [-0.4, -0.2) is 31.8 Å². The number of amides is 1. The summed E-state index contributed by atoms with van der Waals surface area (Å²) in [5.41, 5.74) is 1.46. The van der Waals surface area contributed by atoms with E-state index < -0.39 is 5.69 Å². The van der Waals surface area contributed by atoms with Crippen LogP contribution in [0.1, 0.15) is 11.1 Å². The van der Waals surface area contributed by atoms with Crippen LogP contribution in [0.2, 0.25) is 0 Å². The molecule has 5 aromatic rings. The van der Waals surface area contributed by atoms with Crippen molar-refractivity contribution in [1.82, 2.24) is 24.1 Å². The van der Waals surface area contributed by atoms with E-state index in [1.165, 1.54) is 8.97 Å². The molecule has 0 radical (unpaired) electrons. The van der Waals surface area contributed by atoms with Gasteiger partial charge in [0, 0.05) is 6.54 Å². The second-order valence-electron chi connectivity index (χ2n) is 8.10. The second-order valence-corrected chi connectivity index (χ2v) is 8.10. The van der Waals surface area contributed by atoms with Crippen molar-refractivity contribution < 1.29 is 9.53 Å². The maximum absolute atomic E-state index is 13.3. The first-order chi connectivity index (χ1) is 17.0. The fraction of sp³-hybridized carbons (Fsp3) is 0.154. The summed E-state index contributed by atoms with van der Waals surface area (Å²) in [6.07, 6.45) is 0. The first kappa shape index (κ1) is 22.1. The Labute approximate surface area is 199 Å². The summed E-state index contributed by atoms with van der Waals surface area (Å²) in [6.45, 7) is 0.241. The maximum atomic E-state index is 13.3. The standard InChI is InChI=1S/C26H23N5O4/c1-35-20-11-7-10-19(14-20)15-27-23(32)17-30-26(34)31-22-13-6-5-12-21(22)24(33)29(25(31)28-30)16-18-8-3-2-4-9-18/h2-14H,15-17H2,1H3,(H,27,32). The smallest absolute Gasteiger partial charge is 0.352 e. The number of hydrogen-bond acceptors (Lipinski definition) is 5. The van der Waals surface area contributed by atoms with Gasteiger partial charge in [-0.2, -0.15) is 0 Å². The van der Waals surface area contributed by atoms with E-state index in [0.717, 1.165) is 15.8 Å². The van der Waals surface area contributed by atoms with E-state index in [1.807, 2.05) is 54.6 Å². The third kappa shape index (κ3) is 4.31. The zero-order valence-electron chi connectivity index (χ0n) is 19.0. The van der Waals surface area contributed by atoms with E-state index in [-0.39, 0.29) is 36.9 Å². The summed E-state index contributed by atoms with van der Waals surface area (Å²) in [6, 6.07) is 23.7. The Bertz CT molecular complexity index is 1650. The average molecular weight is 470 g/mol. The van der Waals surface area contributed by atoms with Gasteiger partial charge in [-0.05, 0) is 35.4 Å². The Hall–Kier alpha value is -4.66.